The highest BCUT2D eigenvalue weighted by molar-refractivity contribution is 5.94. The molecule has 0 saturated heterocycles. The molecule has 0 saturated carbocycles. The Kier molecular flexibility index (Phi) is 4.07. The second kappa shape index (κ2) is 5.95. The molecular formula is C14H15N3O2. The molecule has 5 nitrogen and oxygen atoms in total. The standard InChI is InChI=1S/C14H15N3O2/c1-10(11-5-8-15-9-6-11)17-13-12(14(18)19-2)4-3-7-16-13/h3-10H,1-2H3,(H,16,17). The summed E-state index contributed by atoms with van der Waals surface area (Å²) in [5.74, 6) is 0.108. The third kappa shape index (κ3) is 3.07. The Labute approximate surface area is 111 Å². The summed E-state index contributed by atoms with van der Waals surface area (Å²) in [7, 11) is 1.35. The van der Waals surface area contributed by atoms with Crippen molar-refractivity contribution >= 4 is 11.8 Å². The van der Waals surface area contributed by atoms with Crippen LogP contribution in [0.4, 0.5) is 5.82 Å². The fraction of sp³-hybridized carbons (Fsp3) is 0.214. The molecule has 1 unspecified atom stereocenters. The number of hydrogen-bond acceptors (Lipinski definition) is 5. The molecule has 0 aliphatic rings. The van der Waals surface area contributed by atoms with Crippen LogP contribution in [0.5, 0.6) is 0 Å². The molecule has 0 amide bonds. The van der Waals surface area contributed by atoms with E-state index in [0.717, 1.165) is 5.56 Å². The Hall–Kier alpha value is -2.43. The number of aromatic nitrogens is 2. The SMILES string of the molecule is COC(=O)c1cccnc1NC(C)c1ccncc1. The Bertz CT molecular complexity index is 558. The van der Waals surface area contributed by atoms with Crippen molar-refractivity contribution in [1.29, 1.82) is 0 Å². The highest BCUT2D eigenvalue weighted by Crippen LogP contribution is 2.20. The zero-order valence-corrected chi connectivity index (χ0v) is 10.8. The largest absolute Gasteiger partial charge is 0.465 e. The monoisotopic (exact) mass is 257 g/mol. The smallest absolute Gasteiger partial charge is 0.341 e. The molecule has 0 aromatic carbocycles. The van der Waals surface area contributed by atoms with Gasteiger partial charge in [0.1, 0.15) is 11.4 Å². The summed E-state index contributed by atoms with van der Waals surface area (Å²) in [6.07, 6.45) is 5.09. The number of nitrogens with zero attached hydrogens (tertiary/aromatic N) is 2. The number of esters is 1. The number of carbonyl (C=O) groups is 1. The van der Waals surface area contributed by atoms with Gasteiger partial charge >= 0.3 is 5.97 Å². The van der Waals surface area contributed by atoms with Gasteiger partial charge in [-0.3, -0.25) is 4.98 Å². The van der Waals surface area contributed by atoms with Gasteiger partial charge in [-0.05, 0) is 36.8 Å². The lowest BCUT2D eigenvalue weighted by Gasteiger charge is -2.16. The summed E-state index contributed by atoms with van der Waals surface area (Å²) in [4.78, 5) is 19.8. The van der Waals surface area contributed by atoms with E-state index in [1.807, 2.05) is 19.1 Å². The fourth-order valence-electron chi connectivity index (χ4n) is 1.74. The molecule has 2 aromatic heterocycles. The molecule has 2 rings (SSSR count). The van der Waals surface area contributed by atoms with Crippen LogP contribution in [0.2, 0.25) is 0 Å². The third-order valence-electron chi connectivity index (χ3n) is 2.77. The Morgan fingerprint density at radius 1 is 1.26 bits per heavy atom. The van der Waals surface area contributed by atoms with E-state index in [4.69, 9.17) is 4.74 Å². The number of anilines is 1. The van der Waals surface area contributed by atoms with E-state index < -0.39 is 5.97 Å². The number of rotatable bonds is 4. The Morgan fingerprint density at radius 2 is 2.00 bits per heavy atom. The van der Waals surface area contributed by atoms with Crippen LogP contribution in [-0.4, -0.2) is 23.0 Å². The van der Waals surface area contributed by atoms with Gasteiger partial charge in [0, 0.05) is 18.6 Å². The number of carbonyl (C=O) groups excluding carboxylic acids is 1. The molecule has 1 atom stereocenters. The van der Waals surface area contributed by atoms with E-state index in [1.54, 1.807) is 30.7 Å². The maximum absolute atomic E-state index is 11.6. The van der Waals surface area contributed by atoms with Gasteiger partial charge in [-0.1, -0.05) is 0 Å². The van der Waals surface area contributed by atoms with Gasteiger partial charge in [0.25, 0.3) is 0 Å². The summed E-state index contributed by atoms with van der Waals surface area (Å²) in [6, 6.07) is 7.23. The zero-order chi connectivity index (χ0) is 13.7. The molecule has 1 N–H and O–H groups in total. The van der Waals surface area contributed by atoms with Crippen LogP contribution >= 0.6 is 0 Å². The number of methoxy groups -OCH3 is 1. The number of ether oxygens (including phenoxy) is 1. The van der Waals surface area contributed by atoms with Crippen LogP contribution in [0, 0.1) is 0 Å². The van der Waals surface area contributed by atoms with Gasteiger partial charge < -0.3 is 10.1 Å². The van der Waals surface area contributed by atoms with Gasteiger partial charge in [-0.25, -0.2) is 9.78 Å². The summed E-state index contributed by atoms with van der Waals surface area (Å²) < 4.78 is 4.74. The summed E-state index contributed by atoms with van der Waals surface area (Å²) in [5.41, 5.74) is 1.49. The van der Waals surface area contributed by atoms with Crippen molar-refractivity contribution in [2.75, 3.05) is 12.4 Å². The van der Waals surface area contributed by atoms with Crippen LogP contribution in [-0.2, 0) is 4.74 Å². The van der Waals surface area contributed by atoms with Crippen molar-refractivity contribution < 1.29 is 9.53 Å². The van der Waals surface area contributed by atoms with Gasteiger partial charge in [-0.2, -0.15) is 0 Å². The van der Waals surface area contributed by atoms with E-state index in [2.05, 4.69) is 15.3 Å². The van der Waals surface area contributed by atoms with Gasteiger partial charge in [0.05, 0.1) is 13.2 Å². The molecule has 19 heavy (non-hydrogen) atoms. The van der Waals surface area contributed by atoms with Crippen molar-refractivity contribution in [2.45, 2.75) is 13.0 Å². The van der Waals surface area contributed by atoms with E-state index in [-0.39, 0.29) is 6.04 Å². The minimum absolute atomic E-state index is 0.0151. The topological polar surface area (TPSA) is 64.1 Å². The van der Waals surface area contributed by atoms with E-state index in [0.29, 0.717) is 11.4 Å². The average molecular weight is 257 g/mol. The van der Waals surface area contributed by atoms with Crippen LogP contribution < -0.4 is 5.32 Å². The summed E-state index contributed by atoms with van der Waals surface area (Å²) in [6.45, 7) is 1.99. The second-order valence-electron chi connectivity index (χ2n) is 4.04. The molecule has 5 heteroatoms. The Balaban J connectivity index is 2.22. The van der Waals surface area contributed by atoms with Crippen molar-refractivity contribution in [1.82, 2.24) is 9.97 Å². The third-order valence-corrected chi connectivity index (χ3v) is 2.77. The maximum atomic E-state index is 11.6. The number of hydrogen-bond donors (Lipinski definition) is 1. The van der Waals surface area contributed by atoms with Crippen molar-refractivity contribution in [2.24, 2.45) is 0 Å². The molecule has 0 radical (unpaired) electrons. The van der Waals surface area contributed by atoms with E-state index in [9.17, 15) is 4.79 Å². The summed E-state index contributed by atoms with van der Waals surface area (Å²) in [5, 5.41) is 3.20. The molecule has 98 valence electrons. The first-order chi connectivity index (χ1) is 9.22. The first-order valence-corrected chi connectivity index (χ1v) is 5.92. The number of pyridine rings is 2. The molecule has 0 fully saturated rings. The zero-order valence-electron chi connectivity index (χ0n) is 10.8. The van der Waals surface area contributed by atoms with Crippen LogP contribution in [0.15, 0.2) is 42.9 Å². The maximum Gasteiger partial charge on any atom is 0.341 e. The van der Waals surface area contributed by atoms with E-state index in [1.165, 1.54) is 7.11 Å². The van der Waals surface area contributed by atoms with Gasteiger partial charge in [0.15, 0.2) is 0 Å². The van der Waals surface area contributed by atoms with Crippen LogP contribution in [0.3, 0.4) is 0 Å². The van der Waals surface area contributed by atoms with Crippen molar-refractivity contribution in [3.05, 3.63) is 54.0 Å². The second-order valence-corrected chi connectivity index (χ2v) is 4.04. The highest BCUT2D eigenvalue weighted by Gasteiger charge is 2.14. The van der Waals surface area contributed by atoms with Crippen LogP contribution in [0.25, 0.3) is 0 Å². The first-order valence-electron chi connectivity index (χ1n) is 5.92. The average Bonchev–Trinajstić information content (AvgIpc) is 2.48. The molecule has 0 bridgehead atoms. The lowest BCUT2D eigenvalue weighted by Crippen LogP contribution is -2.13. The van der Waals surface area contributed by atoms with E-state index >= 15 is 0 Å². The van der Waals surface area contributed by atoms with Gasteiger partial charge in [0.2, 0.25) is 0 Å². The summed E-state index contributed by atoms with van der Waals surface area (Å²) >= 11 is 0. The van der Waals surface area contributed by atoms with Crippen LogP contribution in [0.1, 0.15) is 28.9 Å². The van der Waals surface area contributed by atoms with Gasteiger partial charge in [-0.15, -0.1) is 0 Å². The molecule has 2 aromatic rings. The predicted octanol–water partition coefficient (Wildman–Crippen LogP) is 2.44. The molecule has 0 aliphatic heterocycles. The number of nitrogens with one attached hydrogen (secondary N) is 1. The molecule has 0 spiro atoms. The minimum Gasteiger partial charge on any atom is -0.465 e. The molecular weight excluding hydrogens is 242 g/mol. The van der Waals surface area contributed by atoms with Crippen molar-refractivity contribution in [3.63, 3.8) is 0 Å². The minimum atomic E-state index is -0.405. The fourth-order valence-corrected chi connectivity index (χ4v) is 1.74. The molecule has 0 aliphatic carbocycles. The predicted molar refractivity (Wildman–Crippen MR) is 71.9 cm³/mol. The Morgan fingerprint density at radius 3 is 2.68 bits per heavy atom. The lowest BCUT2D eigenvalue weighted by atomic mass is 10.1. The molecule has 2 heterocycles. The normalized spacial score (nSPS) is 11.7. The first kappa shape index (κ1) is 13.0. The lowest BCUT2D eigenvalue weighted by molar-refractivity contribution is 0.0601. The quantitative estimate of drug-likeness (QED) is 0.852. The highest BCUT2D eigenvalue weighted by atomic mass is 16.5. The van der Waals surface area contributed by atoms with Crippen molar-refractivity contribution in [3.8, 4) is 0 Å².